The molecule has 0 aliphatic carbocycles. The lowest BCUT2D eigenvalue weighted by Gasteiger charge is -2.39. The quantitative estimate of drug-likeness (QED) is 0.845. The molecule has 19 heavy (non-hydrogen) atoms. The number of carbonyl (C=O) groups is 1. The Bertz CT molecular complexity index is 318. The van der Waals surface area contributed by atoms with Gasteiger partial charge in [-0.3, -0.25) is 0 Å². The molecule has 0 radical (unpaired) electrons. The number of hydrogen-bond donors (Lipinski definition) is 1. The first kappa shape index (κ1) is 16.1. The number of piperidine rings is 1. The van der Waals surface area contributed by atoms with Gasteiger partial charge in [-0.2, -0.15) is 0 Å². The highest BCUT2D eigenvalue weighted by Gasteiger charge is 2.37. The van der Waals surface area contributed by atoms with E-state index >= 15 is 0 Å². The van der Waals surface area contributed by atoms with Gasteiger partial charge in [-0.25, -0.2) is 13.6 Å². The number of hydrogen-bond acceptors (Lipinski definition) is 3. The third kappa shape index (κ3) is 4.60. The fourth-order valence-electron chi connectivity index (χ4n) is 2.35. The van der Waals surface area contributed by atoms with Crippen molar-refractivity contribution in [3.8, 4) is 0 Å². The number of amides is 1. The minimum atomic E-state index is -2.74. The molecule has 1 fully saturated rings. The van der Waals surface area contributed by atoms with E-state index in [1.54, 1.807) is 27.7 Å². The molecule has 0 spiro atoms. The zero-order chi connectivity index (χ0) is 14.8. The van der Waals surface area contributed by atoms with Crippen LogP contribution < -0.4 is 0 Å². The van der Waals surface area contributed by atoms with Crippen molar-refractivity contribution in [3.63, 3.8) is 0 Å². The standard InChI is InChI=1S/C13H23F2NO3/c1-8-7-16(12(18)19-13(2,3)4)6-5-9(8)10(17)11(14)15/h8-11,17H,5-7H2,1-4H3. The summed E-state index contributed by atoms with van der Waals surface area (Å²) in [4.78, 5) is 13.4. The van der Waals surface area contributed by atoms with E-state index in [-0.39, 0.29) is 5.92 Å². The summed E-state index contributed by atoms with van der Waals surface area (Å²) in [5.74, 6) is -0.649. The molecule has 0 bridgehead atoms. The first-order valence-electron chi connectivity index (χ1n) is 6.56. The van der Waals surface area contributed by atoms with Gasteiger partial charge in [0, 0.05) is 13.1 Å². The summed E-state index contributed by atoms with van der Waals surface area (Å²) in [6.07, 6.45) is -4.41. The molecule has 112 valence electrons. The van der Waals surface area contributed by atoms with Gasteiger partial charge in [0.05, 0.1) is 0 Å². The van der Waals surface area contributed by atoms with Crippen LogP contribution in [0.25, 0.3) is 0 Å². The molecule has 1 heterocycles. The lowest BCUT2D eigenvalue weighted by molar-refractivity contribution is -0.0708. The van der Waals surface area contributed by atoms with Crippen LogP contribution in [-0.2, 0) is 4.74 Å². The van der Waals surface area contributed by atoms with Crippen molar-refractivity contribution < 1.29 is 23.4 Å². The molecule has 3 unspecified atom stereocenters. The Morgan fingerprint density at radius 3 is 2.42 bits per heavy atom. The first-order valence-corrected chi connectivity index (χ1v) is 6.56. The van der Waals surface area contributed by atoms with E-state index in [1.807, 2.05) is 0 Å². The van der Waals surface area contributed by atoms with Crippen LogP contribution in [0.5, 0.6) is 0 Å². The van der Waals surface area contributed by atoms with Gasteiger partial charge in [-0.1, -0.05) is 6.92 Å². The number of rotatable bonds is 2. The van der Waals surface area contributed by atoms with Gasteiger partial charge < -0.3 is 14.7 Å². The topological polar surface area (TPSA) is 49.8 Å². The number of aliphatic hydroxyl groups is 1. The number of halogens is 2. The minimum absolute atomic E-state index is 0.176. The fraction of sp³-hybridized carbons (Fsp3) is 0.923. The number of aliphatic hydroxyl groups excluding tert-OH is 1. The molecule has 1 rings (SSSR count). The number of nitrogens with zero attached hydrogens (tertiary/aromatic N) is 1. The second-order valence-corrected chi connectivity index (χ2v) is 6.18. The molecule has 1 aliphatic rings. The van der Waals surface area contributed by atoms with Crippen molar-refractivity contribution in [2.24, 2.45) is 11.8 Å². The number of alkyl halides is 2. The molecule has 3 atom stereocenters. The van der Waals surface area contributed by atoms with Crippen LogP contribution in [0.15, 0.2) is 0 Å². The van der Waals surface area contributed by atoms with Crippen molar-refractivity contribution in [2.75, 3.05) is 13.1 Å². The Morgan fingerprint density at radius 1 is 1.42 bits per heavy atom. The summed E-state index contributed by atoms with van der Waals surface area (Å²) < 4.78 is 30.3. The smallest absolute Gasteiger partial charge is 0.410 e. The third-order valence-electron chi connectivity index (χ3n) is 3.32. The maximum atomic E-state index is 12.5. The van der Waals surface area contributed by atoms with Gasteiger partial charge in [-0.15, -0.1) is 0 Å². The molecule has 1 aliphatic heterocycles. The van der Waals surface area contributed by atoms with Crippen LogP contribution in [0.3, 0.4) is 0 Å². The van der Waals surface area contributed by atoms with Crippen LogP contribution >= 0.6 is 0 Å². The molecule has 0 aromatic rings. The molecule has 4 nitrogen and oxygen atoms in total. The molecule has 0 saturated carbocycles. The highest BCUT2D eigenvalue weighted by Crippen LogP contribution is 2.29. The van der Waals surface area contributed by atoms with Crippen molar-refractivity contribution in [2.45, 2.75) is 52.2 Å². The summed E-state index contributed by atoms with van der Waals surface area (Å²) in [7, 11) is 0. The second kappa shape index (κ2) is 6.03. The molecule has 1 N–H and O–H groups in total. The molecule has 0 aromatic carbocycles. The maximum absolute atomic E-state index is 12.5. The van der Waals surface area contributed by atoms with Crippen LogP contribution in [0.4, 0.5) is 13.6 Å². The average Bonchev–Trinajstić information content (AvgIpc) is 2.25. The van der Waals surface area contributed by atoms with E-state index in [4.69, 9.17) is 4.74 Å². The number of carbonyl (C=O) groups excluding carboxylic acids is 1. The van der Waals surface area contributed by atoms with E-state index in [0.29, 0.717) is 19.5 Å². The van der Waals surface area contributed by atoms with Gasteiger partial charge >= 0.3 is 6.09 Å². The summed E-state index contributed by atoms with van der Waals surface area (Å²) >= 11 is 0. The Kier molecular flexibility index (Phi) is 5.12. The van der Waals surface area contributed by atoms with Crippen LogP contribution in [-0.4, -0.2) is 47.3 Å². The van der Waals surface area contributed by atoms with Crippen molar-refractivity contribution in [3.05, 3.63) is 0 Å². The lowest BCUT2D eigenvalue weighted by Crippen LogP contribution is -2.48. The predicted octanol–water partition coefficient (Wildman–Crippen LogP) is 2.51. The summed E-state index contributed by atoms with van der Waals surface area (Å²) in [5.41, 5.74) is -0.570. The van der Waals surface area contributed by atoms with Crippen molar-refractivity contribution >= 4 is 6.09 Å². The zero-order valence-electron chi connectivity index (χ0n) is 11.9. The van der Waals surface area contributed by atoms with E-state index in [2.05, 4.69) is 0 Å². The third-order valence-corrected chi connectivity index (χ3v) is 3.32. The average molecular weight is 279 g/mol. The van der Waals surface area contributed by atoms with Gasteiger partial charge in [0.25, 0.3) is 6.43 Å². The molecule has 6 heteroatoms. The van der Waals surface area contributed by atoms with Gasteiger partial charge in [0.2, 0.25) is 0 Å². The van der Waals surface area contributed by atoms with E-state index in [9.17, 15) is 18.7 Å². The van der Waals surface area contributed by atoms with Gasteiger partial charge in [0.15, 0.2) is 0 Å². The van der Waals surface area contributed by atoms with Gasteiger partial charge in [-0.05, 0) is 39.0 Å². The molecule has 1 amide bonds. The Hall–Kier alpha value is -0.910. The zero-order valence-corrected chi connectivity index (χ0v) is 11.9. The van der Waals surface area contributed by atoms with Crippen molar-refractivity contribution in [1.29, 1.82) is 0 Å². The van der Waals surface area contributed by atoms with Crippen LogP contribution in [0.1, 0.15) is 34.1 Å². The molecule has 1 saturated heterocycles. The molecular weight excluding hydrogens is 256 g/mol. The summed E-state index contributed by atoms with van der Waals surface area (Å²) in [5, 5.41) is 9.45. The SMILES string of the molecule is CC1CN(C(=O)OC(C)(C)C)CCC1C(O)C(F)F. The van der Waals surface area contributed by atoms with Crippen molar-refractivity contribution in [1.82, 2.24) is 4.90 Å². The summed E-state index contributed by atoms with van der Waals surface area (Å²) in [6, 6.07) is 0. The lowest BCUT2D eigenvalue weighted by atomic mass is 9.83. The fourth-order valence-corrected chi connectivity index (χ4v) is 2.35. The van der Waals surface area contributed by atoms with Crippen LogP contribution in [0, 0.1) is 11.8 Å². The highest BCUT2D eigenvalue weighted by molar-refractivity contribution is 5.68. The minimum Gasteiger partial charge on any atom is -0.444 e. The Morgan fingerprint density at radius 2 is 2.00 bits per heavy atom. The van der Waals surface area contributed by atoms with Gasteiger partial charge in [0.1, 0.15) is 11.7 Å². The predicted molar refractivity (Wildman–Crippen MR) is 67.1 cm³/mol. The normalized spacial score (nSPS) is 26.4. The maximum Gasteiger partial charge on any atom is 0.410 e. The highest BCUT2D eigenvalue weighted by atomic mass is 19.3. The largest absolute Gasteiger partial charge is 0.444 e. The first-order chi connectivity index (χ1) is 8.61. The number of likely N-dealkylation sites (tertiary alicyclic amines) is 1. The Balaban J connectivity index is 2.56. The van der Waals surface area contributed by atoms with Crippen LogP contribution in [0.2, 0.25) is 0 Å². The molecular formula is C13H23F2NO3. The summed E-state index contributed by atoms with van der Waals surface area (Å²) in [6.45, 7) is 7.79. The second-order valence-electron chi connectivity index (χ2n) is 6.18. The molecule has 0 aromatic heterocycles. The van der Waals surface area contributed by atoms with E-state index < -0.39 is 30.1 Å². The Labute approximate surface area is 112 Å². The van der Waals surface area contributed by atoms with E-state index in [1.165, 1.54) is 4.90 Å². The van der Waals surface area contributed by atoms with E-state index in [0.717, 1.165) is 0 Å². The monoisotopic (exact) mass is 279 g/mol. The number of ether oxygens (including phenoxy) is 1.